The molecule has 6 heteroatoms. The van der Waals surface area contributed by atoms with Gasteiger partial charge in [0.1, 0.15) is 5.75 Å². The molecule has 1 aliphatic rings. The third-order valence-electron chi connectivity index (χ3n) is 4.96. The van der Waals surface area contributed by atoms with Crippen LogP contribution in [0.3, 0.4) is 0 Å². The molecule has 2 aromatic carbocycles. The molecule has 2 heterocycles. The first-order valence-corrected chi connectivity index (χ1v) is 9.28. The Labute approximate surface area is 160 Å². The number of aromatic amines is 1. The Morgan fingerprint density at radius 2 is 1.69 bits per heavy atom. The molecule has 0 spiro atoms. The molecule has 136 valence electrons. The number of rotatable bonds is 4. The van der Waals surface area contributed by atoms with E-state index in [1.54, 1.807) is 21.3 Å². The summed E-state index contributed by atoms with van der Waals surface area (Å²) in [5.41, 5.74) is 4.69. The fourth-order valence-corrected chi connectivity index (χ4v) is 4.11. The van der Waals surface area contributed by atoms with Gasteiger partial charge < -0.3 is 24.5 Å². The highest BCUT2D eigenvalue weighted by Crippen LogP contribution is 2.42. The van der Waals surface area contributed by atoms with Gasteiger partial charge in [-0.1, -0.05) is 15.9 Å². The fourth-order valence-electron chi connectivity index (χ4n) is 3.74. The zero-order chi connectivity index (χ0) is 18.3. The van der Waals surface area contributed by atoms with Gasteiger partial charge in [0.2, 0.25) is 0 Å². The number of benzene rings is 2. The Kier molecular flexibility index (Phi) is 4.54. The van der Waals surface area contributed by atoms with Gasteiger partial charge >= 0.3 is 0 Å². The molecule has 1 atom stereocenters. The number of ether oxygens (including phenoxy) is 3. The summed E-state index contributed by atoms with van der Waals surface area (Å²) < 4.78 is 17.7. The van der Waals surface area contributed by atoms with Gasteiger partial charge in [0, 0.05) is 39.2 Å². The Morgan fingerprint density at radius 3 is 2.42 bits per heavy atom. The summed E-state index contributed by atoms with van der Waals surface area (Å²) in [7, 11) is 4.95. The molecule has 0 aliphatic carbocycles. The summed E-state index contributed by atoms with van der Waals surface area (Å²) in [4.78, 5) is 3.60. The van der Waals surface area contributed by atoms with Crippen LogP contribution >= 0.6 is 15.9 Å². The molecule has 3 aromatic rings. The van der Waals surface area contributed by atoms with E-state index in [9.17, 15) is 0 Å². The molecule has 0 amide bonds. The average molecular weight is 417 g/mol. The minimum atomic E-state index is -0.000295. The number of aromatic nitrogens is 1. The van der Waals surface area contributed by atoms with E-state index in [4.69, 9.17) is 14.2 Å². The monoisotopic (exact) mass is 416 g/mol. The summed E-state index contributed by atoms with van der Waals surface area (Å²) >= 11 is 3.58. The predicted molar refractivity (Wildman–Crippen MR) is 106 cm³/mol. The van der Waals surface area contributed by atoms with Crippen molar-refractivity contribution < 1.29 is 14.2 Å². The lowest BCUT2D eigenvalue weighted by Gasteiger charge is -2.27. The molecule has 1 aliphatic heterocycles. The van der Waals surface area contributed by atoms with Crippen molar-refractivity contribution in [3.05, 3.63) is 51.6 Å². The molecule has 4 rings (SSSR count). The molecule has 26 heavy (non-hydrogen) atoms. The molecule has 0 bridgehead atoms. The number of halogens is 1. The summed E-state index contributed by atoms with van der Waals surface area (Å²) in [6.45, 7) is 0.897. The van der Waals surface area contributed by atoms with Crippen molar-refractivity contribution in [1.82, 2.24) is 10.3 Å². The van der Waals surface area contributed by atoms with E-state index in [1.807, 2.05) is 12.1 Å². The van der Waals surface area contributed by atoms with Crippen LogP contribution in [-0.2, 0) is 6.42 Å². The van der Waals surface area contributed by atoms with Crippen LogP contribution in [0, 0.1) is 0 Å². The van der Waals surface area contributed by atoms with E-state index in [2.05, 4.69) is 44.4 Å². The number of nitrogens with one attached hydrogen (secondary N) is 2. The summed E-state index contributed by atoms with van der Waals surface area (Å²) in [6.07, 6.45) is 0.984. The molecule has 0 radical (unpaired) electrons. The van der Waals surface area contributed by atoms with Crippen LogP contribution in [0.25, 0.3) is 10.9 Å². The molecule has 5 nitrogen and oxygen atoms in total. The smallest absolute Gasteiger partial charge is 0.164 e. The van der Waals surface area contributed by atoms with Gasteiger partial charge in [-0.15, -0.1) is 0 Å². The van der Waals surface area contributed by atoms with E-state index in [0.29, 0.717) is 11.5 Å². The number of fused-ring (bicyclic) bond motifs is 3. The second kappa shape index (κ2) is 6.85. The van der Waals surface area contributed by atoms with Crippen molar-refractivity contribution >= 4 is 26.8 Å². The number of H-pyrrole nitrogens is 1. The third-order valence-corrected chi connectivity index (χ3v) is 5.45. The molecule has 0 saturated carbocycles. The SMILES string of the molecule is COc1cc(OC)c(C2NCCc3c2[nH]c2ccc(Br)cc32)cc1OC. The van der Waals surface area contributed by atoms with Crippen molar-refractivity contribution in [2.75, 3.05) is 27.9 Å². The maximum Gasteiger partial charge on any atom is 0.164 e. The first-order chi connectivity index (χ1) is 12.7. The second-order valence-electron chi connectivity index (χ2n) is 6.29. The van der Waals surface area contributed by atoms with Crippen LogP contribution in [0.1, 0.15) is 22.9 Å². The Bertz CT molecular complexity index is 967. The lowest BCUT2D eigenvalue weighted by Crippen LogP contribution is -2.30. The van der Waals surface area contributed by atoms with Crippen LogP contribution < -0.4 is 19.5 Å². The molecule has 1 aromatic heterocycles. The van der Waals surface area contributed by atoms with E-state index in [1.165, 1.54) is 16.6 Å². The molecule has 1 unspecified atom stereocenters. The number of hydrogen-bond acceptors (Lipinski definition) is 4. The average Bonchev–Trinajstić information content (AvgIpc) is 3.04. The molecular formula is C20H21BrN2O3. The molecule has 0 saturated heterocycles. The van der Waals surface area contributed by atoms with Gasteiger partial charge in [-0.25, -0.2) is 0 Å². The second-order valence-corrected chi connectivity index (χ2v) is 7.21. The lowest BCUT2D eigenvalue weighted by molar-refractivity contribution is 0.345. The topological polar surface area (TPSA) is 55.5 Å². The maximum absolute atomic E-state index is 5.65. The zero-order valence-electron chi connectivity index (χ0n) is 15.0. The Hall–Kier alpha value is -2.18. The third kappa shape index (κ3) is 2.73. The largest absolute Gasteiger partial charge is 0.496 e. The highest BCUT2D eigenvalue weighted by atomic mass is 79.9. The summed E-state index contributed by atoms with van der Waals surface area (Å²) in [6, 6.07) is 10.2. The Balaban J connectivity index is 1.89. The van der Waals surface area contributed by atoms with Crippen LogP contribution in [0.4, 0.5) is 0 Å². The Morgan fingerprint density at radius 1 is 0.962 bits per heavy atom. The van der Waals surface area contributed by atoms with Crippen LogP contribution in [-0.4, -0.2) is 32.9 Å². The number of hydrogen-bond donors (Lipinski definition) is 2. The van der Waals surface area contributed by atoms with E-state index >= 15 is 0 Å². The quantitative estimate of drug-likeness (QED) is 0.669. The normalized spacial score (nSPS) is 16.4. The molecular weight excluding hydrogens is 396 g/mol. The first kappa shape index (κ1) is 17.2. The van der Waals surface area contributed by atoms with E-state index in [-0.39, 0.29) is 6.04 Å². The van der Waals surface area contributed by atoms with E-state index in [0.717, 1.165) is 34.3 Å². The van der Waals surface area contributed by atoms with Crippen molar-refractivity contribution in [2.24, 2.45) is 0 Å². The molecule has 0 fully saturated rings. The summed E-state index contributed by atoms with van der Waals surface area (Å²) in [5.74, 6) is 2.12. The maximum atomic E-state index is 5.65. The lowest BCUT2D eigenvalue weighted by atomic mass is 9.93. The fraction of sp³-hybridized carbons (Fsp3) is 0.300. The van der Waals surface area contributed by atoms with Crippen molar-refractivity contribution in [2.45, 2.75) is 12.5 Å². The number of methoxy groups -OCH3 is 3. The van der Waals surface area contributed by atoms with Crippen molar-refractivity contribution in [1.29, 1.82) is 0 Å². The molecule has 2 N–H and O–H groups in total. The predicted octanol–water partition coefficient (Wildman–Crippen LogP) is 4.19. The van der Waals surface area contributed by atoms with Crippen molar-refractivity contribution in [3.8, 4) is 17.2 Å². The highest BCUT2D eigenvalue weighted by Gasteiger charge is 2.28. The van der Waals surface area contributed by atoms with Crippen LogP contribution in [0.15, 0.2) is 34.8 Å². The van der Waals surface area contributed by atoms with Gasteiger partial charge in [-0.05, 0) is 36.2 Å². The van der Waals surface area contributed by atoms with E-state index < -0.39 is 0 Å². The first-order valence-electron chi connectivity index (χ1n) is 8.49. The van der Waals surface area contributed by atoms with Gasteiger partial charge in [0.05, 0.1) is 27.4 Å². The standard InChI is InChI=1S/C20H21BrN2O3/c1-24-16-10-18(26-3)17(25-2)9-14(16)19-20-12(6-7-22-19)13-8-11(21)4-5-15(13)23-20/h4-5,8-10,19,22-23H,6-7H2,1-3H3. The minimum Gasteiger partial charge on any atom is -0.496 e. The van der Waals surface area contributed by atoms with Crippen LogP contribution in [0.5, 0.6) is 17.2 Å². The summed E-state index contributed by atoms with van der Waals surface area (Å²) in [5, 5.41) is 4.88. The van der Waals surface area contributed by atoms with Gasteiger partial charge in [0.25, 0.3) is 0 Å². The van der Waals surface area contributed by atoms with Gasteiger partial charge in [0.15, 0.2) is 11.5 Å². The van der Waals surface area contributed by atoms with Gasteiger partial charge in [-0.3, -0.25) is 0 Å². The van der Waals surface area contributed by atoms with Gasteiger partial charge in [-0.2, -0.15) is 0 Å². The minimum absolute atomic E-state index is 0.000295. The highest BCUT2D eigenvalue weighted by molar-refractivity contribution is 9.10. The van der Waals surface area contributed by atoms with Crippen molar-refractivity contribution in [3.63, 3.8) is 0 Å². The van der Waals surface area contributed by atoms with Crippen LogP contribution in [0.2, 0.25) is 0 Å². The zero-order valence-corrected chi connectivity index (χ0v) is 16.6.